The van der Waals surface area contributed by atoms with E-state index < -0.39 is 0 Å². The summed E-state index contributed by atoms with van der Waals surface area (Å²) >= 11 is 10.6. The molecule has 0 aliphatic heterocycles. The molecule has 6 heteroatoms. The van der Waals surface area contributed by atoms with E-state index in [1.165, 1.54) is 0 Å². The van der Waals surface area contributed by atoms with Crippen molar-refractivity contribution in [2.45, 2.75) is 6.92 Å². The zero-order valence-electron chi connectivity index (χ0n) is 10.1. The Kier molecular flexibility index (Phi) is 3.38. The fourth-order valence-corrected chi connectivity index (χ4v) is 3.22. The maximum absolute atomic E-state index is 5.37. The SMILES string of the molecule is Cc1c(Br)cccc1-n1c(-c2cccs2)n[nH]c1=S. The number of aromatic nitrogens is 3. The van der Waals surface area contributed by atoms with Gasteiger partial charge in [0.15, 0.2) is 10.6 Å². The maximum Gasteiger partial charge on any atom is 0.200 e. The average Bonchev–Trinajstić information content (AvgIpc) is 3.02. The number of hydrogen-bond donors (Lipinski definition) is 1. The Morgan fingerprint density at radius 1 is 1.32 bits per heavy atom. The van der Waals surface area contributed by atoms with Gasteiger partial charge in [-0.3, -0.25) is 9.67 Å². The molecule has 3 nitrogen and oxygen atoms in total. The molecule has 2 heterocycles. The van der Waals surface area contributed by atoms with E-state index in [1.54, 1.807) is 11.3 Å². The molecule has 96 valence electrons. The van der Waals surface area contributed by atoms with Crippen LogP contribution in [0.5, 0.6) is 0 Å². The van der Waals surface area contributed by atoms with E-state index in [4.69, 9.17) is 12.2 Å². The number of nitrogens with zero attached hydrogens (tertiary/aromatic N) is 2. The van der Waals surface area contributed by atoms with E-state index in [1.807, 2.05) is 40.3 Å². The van der Waals surface area contributed by atoms with Crippen LogP contribution in [0.2, 0.25) is 0 Å². The molecule has 1 aromatic carbocycles. The lowest BCUT2D eigenvalue weighted by atomic mass is 10.2. The number of thiophene rings is 1. The fraction of sp³-hybridized carbons (Fsp3) is 0.0769. The van der Waals surface area contributed by atoms with E-state index in [2.05, 4.69) is 33.1 Å². The van der Waals surface area contributed by atoms with Crippen molar-refractivity contribution >= 4 is 39.5 Å². The summed E-state index contributed by atoms with van der Waals surface area (Å²) < 4.78 is 3.64. The largest absolute Gasteiger partial charge is 0.267 e. The highest BCUT2D eigenvalue weighted by molar-refractivity contribution is 9.10. The van der Waals surface area contributed by atoms with Gasteiger partial charge in [0.05, 0.1) is 10.6 Å². The van der Waals surface area contributed by atoms with Crippen LogP contribution >= 0.6 is 39.5 Å². The van der Waals surface area contributed by atoms with E-state index in [-0.39, 0.29) is 0 Å². The first-order valence-corrected chi connectivity index (χ1v) is 7.73. The highest BCUT2D eigenvalue weighted by Crippen LogP contribution is 2.29. The third-order valence-corrected chi connectivity index (χ3v) is 4.89. The van der Waals surface area contributed by atoms with Crippen molar-refractivity contribution in [2.24, 2.45) is 0 Å². The Hall–Kier alpha value is -1.24. The molecular weight excluding hydrogens is 342 g/mol. The van der Waals surface area contributed by atoms with Crippen LogP contribution in [-0.2, 0) is 0 Å². The number of benzene rings is 1. The van der Waals surface area contributed by atoms with Crippen LogP contribution in [0.25, 0.3) is 16.4 Å². The van der Waals surface area contributed by atoms with Gasteiger partial charge in [0.1, 0.15) is 0 Å². The van der Waals surface area contributed by atoms with Crippen molar-refractivity contribution in [3.8, 4) is 16.4 Å². The van der Waals surface area contributed by atoms with Crippen molar-refractivity contribution in [3.63, 3.8) is 0 Å². The quantitative estimate of drug-likeness (QED) is 0.677. The first kappa shape index (κ1) is 12.8. The van der Waals surface area contributed by atoms with Crippen molar-refractivity contribution in [2.75, 3.05) is 0 Å². The first-order chi connectivity index (χ1) is 9.18. The van der Waals surface area contributed by atoms with Gasteiger partial charge in [-0.1, -0.05) is 28.1 Å². The summed E-state index contributed by atoms with van der Waals surface area (Å²) in [5.41, 5.74) is 2.18. The lowest BCUT2D eigenvalue weighted by Crippen LogP contribution is -1.99. The Bertz CT molecular complexity index is 772. The number of rotatable bonds is 2. The second-order valence-corrected chi connectivity index (χ2v) is 6.24. The van der Waals surface area contributed by atoms with Gasteiger partial charge in [0.25, 0.3) is 0 Å². The minimum Gasteiger partial charge on any atom is -0.267 e. The molecule has 0 spiro atoms. The lowest BCUT2D eigenvalue weighted by Gasteiger charge is -2.10. The van der Waals surface area contributed by atoms with Gasteiger partial charge in [-0.25, -0.2) is 0 Å². The zero-order valence-corrected chi connectivity index (χ0v) is 13.3. The number of H-pyrrole nitrogens is 1. The van der Waals surface area contributed by atoms with E-state index in [9.17, 15) is 0 Å². The van der Waals surface area contributed by atoms with Crippen molar-refractivity contribution in [3.05, 3.63) is 50.5 Å². The third kappa shape index (κ3) is 2.20. The molecule has 0 saturated heterocycles. The van der Waals surface area contributed by atoms with Gasteiger partial charge < -0.3 is 0 Å². The Morgan fingerprint density at radius 2 is 2.16 bits per heavy atom. The van der Waals surface area contributed by atoms with Gasteiger partial charge in [0.2, 0.25) is 0 Å². The van der Waals surface area contributed by atoms with E-state index in [0.29, 0.717) is 4.77 Å². The Morgan fingerprint density at radius 3 is 2.89 bits per heavy atom. The van der Waals surface area contributed by atoms with Crippen molar-refractivity contribution < 1.29 is 0 Å². The van der Waals surface area contributed by atoms with Gasteiger partial charge in [0, 0.05) is 4.47 Å². The van der Waals surface area contributed by atoms with Crippen LogP contribution < -0.4 is 0 Å². The summed E-state index contributed by atoms with van der Waals surface area (Å²) in [6.45, 7) is 2.06. The summed E-state index contributed by atoms with van der Waals surface area (Å²) in [6, 6.07) is 10.1. The van der Waals surface area contributed by atoms with Crippen LogP contribution in [0.1, 0.15) is 5.56 Å². The minimum atomic E-state index is 0.601. The van der Waals surface area contributed by atoms with Gasteiger partial charge in [-0.15, -0.1) is 11.3 Å². The van der Waals surface area contributed by atoms with Crippen LogP contribution in [-0.4, -0.2) is 14.8 Å². The van der Waals surface area contributed by atoms with E-state index in [0.717, 1.165) is 26.4 Å². The Balaban J connectivity index is 2.29. The number of hydrogen-bond acceptors (Lipinski definition) is 3. The van der Waals surface area contributed by atoms with Crippen LogP contribution in [0.15, 0.2) is 40.2 Å². The maximum atomic E-state index is 5.37. The number of aromatic amines is 1. The second kappa shape index (κ2) is 5.03. The summed E-state index contributed by atoms with van der Waals surface area (Å²) in [5, 5.41) is 9.26. The molecular formula is C13H10BrN3S2. The second-order valence-electron chi connectivity index (χ2n) is 4.05. The predicted molar refractivity (Wildman–Crippen MR) is 84.5 cm³/mol. The molecule has 1 N–H and O–H groups in total. The molecule has 0 unspecified atom stereocenters. The van der Waals surface area contributed by atoms with Crippen LogP contribution in [0, 0.1) is 11.7 Å². The molecule has 0 aliphatic rings. The molecule has 19 heavy (non-hydrogen) atoms. The van der Waals surface area contributed by atoms with Crippen molar-refractivity contribution in [1.29, 1.82) is 0 Å². The molecule has 0 saturated carbocycles. The molecule has 0 atom stereocenters. The highest BCUT2D eigenvalue weighted by atomic mass is 79.9. The van der Waals surface area contributed by atoms with Crippen LogP contribution in [0.3, 0.4) is 0 Å². The third-order valence-electron chi connectivity index (χ3n) is 2.89. The smallest absolute Gasteiger partial charge is 0.200 e. The topological polar surface area (TPSA) is 33.6 Å². The summed E-state index contributed by atoms with van der Waals surface area (Å²) in [7, 11) is 0. The summed E-state index contributed by atoms with van der Waals surface area (Å²) in [4.78, 5) is 1.09. The number of halogens is 1. The molecule has 0 bridgehead atoms. The molecule has 0 radical (unpaired) electrons. The highest BCUT2D eigenvalue weighted by Gasteiger charge is 2.13. The monoisotopic (exact) mass is 351 g/mol. The lowest BCUT2D eigenvalue weighted by molar-refractivity contribution is 1.02. The molecule has 3 aromatic rings. The van der Waals surface area contributed by atoms with Gasteiger partial charge >= 0.3 is 0 Å². The first-order valence-electron chi connectivity index (χ1n) is 5.65. The normalized spacial score (nSPS) is 10.8. The summed E-state index contributed by atoms with van der Waals surface area (Å²) in [5.74, 6) is 0.848. The summed E-state index contributed by atoms with van der Waals surface area (Å²) in [6.07, 6.45) is 0. The molecule has 3 rings (SSSR count). The minimum absolute atomic E-state index is 0.601. The van der Waals surface area contributed by atoms with Gasteiger partial charge in [-0.2, -0.15) is 5.10 Å². The fourth-order valence-electron chi connectivity index (χ4n) is 1.93. The zero-order chi connectivity index (χ0) is 13.4. The van der Waals surface area contributed by atoms with Crippen LogP contribution in [0.4, 0.5) is 0 Å². The van der Waals surface area contributed by atoms with E-state index >= 15 is 0 Å². The van der Waals surface area contributed by atoms with Gasteiger partial charge in [-0.05, 0) is 48.3 Å². The Labute approximate surface area is 128 Å². The molecule has 2 aromatic heterocycles. The predicted octanol–water partition coefficient (Wildman–Crippen LogP) is 4.73. The molecule has 0 aliphatic carbocycles. The standard InChI is InChI=1S/C13H10BrN3S2/c1-8-9(14)4-2-5-10(8)17-12(15-16-13(17)18)11-6-3-7-19-11/h2-7H,1H3,(H,16,18). The average molecular weight is 352 g/mol. The number of nitrogens with one attached hydrogen (secondary N) is 1. The van der Waals surface area contributed by atoms with Crippen molar-refractivity contribution in [1.82, 2.24) is 14.8 Å². The molecule has 0 fully saturated rings. The molecule has 0 amide bonds.